The van der Waals surface area contributed by atoms with Gasteiger partial charge < -0.3 is 15.7 Å². The van der Waals surface area contributed by atoms with Crippen molar-refractivity contribution in [1.82, 2.24) is 5.32 Å². The smallest absolute Gasteiger partial charge is 0.308 e. The van der Waals surface area contributed by atoms with Crippen LogP contribution in [0.3, 0.4) is 0 Å². The third-order valence-electron chi connectivity index (χ3n) is 2.81. The van der Waals surface area contributed by atoms with E-state index in [0.29, 0.717) is 6.54 Å². The maximum atomic E-state index is 11.7. The molecule has 3 N–H and O–H groups in total. The highest BCUT2D eigenvalue weighted by molar-refractivity contribution is 5.95. The van der Waals surface area contributed by atoms with Gasteiger partial charge in [0.15, 0.2) is 0 Å². The van der Waals surface area contributed by atoms with Crippen LogP contribution in [0.15, 0.2) is 18.2 Å². The van der Waals surface area contributed by atoms with E-state index in [0.717, 1.165) is 0 Å². The first-order chi connectivity index (χ1) is 9.86. The van der Waals surface area contributed by atoms with Crippen molar-refractivity contribution in [3.05, 3.63) is 33.9 Å². The van der Waals surface area contributed by atoms with Crippen LogP contribution in [0.25, 0.3) is 0 Å². The van der Waals surface area contributed by atoms with Gasteiger partial charge in [-0.3, -0.25) is 19.7 Å². The molecule has 0 aliphatic heterocycles. The van der Waals surface area contributed by atoms with Crippen LogP contribution in [0.2, 0.25) is 0 Å². The summed E-state index contributed by atoms with van der Waals surface area (Å²) in [5, 5.41) is 25.1. The molecule has 8 heteroatoms. The van der Waals surface area contributed by atoms with Gasteiger partial charge in [0.05, 0.1) is 10.8 Å². The van der Waals surface area contributed by atoms with Gasteiger partial charge in [-0.25, -0.2) is 0 Å². The molecule has 8 nitrogen and oxygen atoms in total. The van der Waals surface area contributed by atoms with Crippen molar-refractivity contribution in [2.45, 2.75) is 13.8 Å². The fourth-order valence-electron chi connectivity index (χ4n) is 1.59. The predicted molar refractivity (Wildman–Crippen MR) is 76.4 cm³/mol. The average molecular weight is 295 g/mol. The Balaban J connectivity index is 3.01. The van der Waals surface area contributed by atoms with Crippen molar-refractivity contribution in [3.63, 3.8) is 0 Å². The molecule has 1 unspecified atom stereocenters. The van der Waals surface area contributed by atoms with Gasteiger partial charge in [-0.05, 0) is 19.1 Å². The molecule has 0 saturated carbocycles. The van der Waals surface area contributed by atoms with Crippen LogP contribution >= 0.6 is 0 Å². The van der Waals surface area contributed by atoms with Crippen LogP contribution in [-0.2, 0) is 4.79 Å². The van der Waals surface area contributed by atoms with Crippen LogP contribution in [-0.4, -0.2) is 35.0 Å². The normalized spacial score (nSPS) is 11.5. The van der Waals surface area contributed by atoms with Crippen LogP contribution < -0.4 is 10.6 Å². The molecule has 1 aromatic carbocycles. The topological polar surface area (TPSA) is 122 Å². The lowest BCUT2D eigenvalue weighted by molar-refractivity contribution is -0.384. The Kier molecular flexibility index (Phi) is 5.65. The number of hydrogen-bond acceptors (Lipinski definition) is 5. The molecule has 0 aliphatic carbocycles. The number of carboxylic acid groups (broad SMARTS) is 1. The largest absolute Gasteiger partial charge is 0.481 e. The quantitative estimate of drug-likeness (QED) is 0.517. The highest BCUT2D eigenvalue weighted by atomic mass is 16.6. The minimum absolute atomic E-state index is 0.0228. The summed E-state index contributed by atoms with van der Waals surface area (Å²) in [5.41, 5.74) is 0.186. The molecule has 1 aromatic rings. The van der Waals surface area contributed by atoms with Crippen molar-refractivity contribution < 1.29 is 19.6 Å². The second kappa shape index (κ2) is 7.22. The Hall–Kier alpha value is -2.64. The molecule has 1 atom stereocenters. The summed E-state index contributed by atoms with van der Waals surface area (Å²) in [6.07, 6.45) is 0. The van der Waals surface area contributed by atoms with Crippen LogP contribution in [0.4, 0.5) is 11.4 Å². The third-order valence-corrected chi connectivity index (χ3v) is 2.81. The lowest BCUT2D eigenvalue weighted by atomic mass is 10.1. The zero-order chi connectivity index (χ0) is 16.0. The number of aliphatic carboxylic acids is 1. The number of amides is 1. The maximum Gasteiger partial charge on any atom is 0.308 e. The van der Waals surface area contributed by atoms with E-state index in [-0.39, 0.29) is 29.4 Å². The monoisotopic (exact) mass is 295 g/mol. The molecule has 0 bridgehead atoms. The molecule has 0 heterocycles. The summed E-state index contributed by atoms with van der Waals surface area (Å²) >= 11 is 0. The number of carbonyl (C=O) groups is 2. The van der Waals surface area contributed by atoms with Crippen LogP contribution in [0, 0.1) is 16.0 Å². The van der Waals surface area contributed by atoms with Crippen molar-refractivity contribution in [3.8, 4) is 0 Å². The summed E-state index contributed by atoms with van der Waals surface area (Å²) in [5.74, 6) is -2.07. The van der Waals surface area contributed by atoms with Crippen molar-refractivity contribution in [2.75, 3.05) is 18.4 Å². The van der Waals surface area contributed by atoms with Gasteiger partial charge in [0, 0.05) is 24.7 Å². The SMILES string of the molecule is CCNC(=O)c1ccc([N+](=O)[O-])c(NCC(C)C(=O)O)c1. The summed E-state index contributed by atoms with van der Waals surface area (Å²) in [6.45, 7) is 3.70. The molecule has 0 saturated heterocycles. The number of nitro groups is 1. The predicted octanol–water partition coefficient (Wildman–Crippen LogP) is 1.48. The van der Waals surface area contributed by atoms with Crippen LogP contribution in [0.5, 0.6) is 0 Å². The van der Waals surface area contributed by atoms with Gasteiger partial charge in [-0.2, -0.15) is 0 Å². The first-order valence-electron chi connectivity index (χ1n) is 6.40. The van der Waals surface area contributed by atoms with E-state index in [4.69, 9.17) is 5.11 Å². The Morgan fingerprint density at radius 1 is 1.43 bits per heavy atom. The molecule has 0 aromatic heterocycles. The minimum atomic E-state index is -1.01. The van der Waals surface area contributed by atoms with E-state index in [9.17, 15) is 19.7 Å². The Morgan fingerprint density at radius 2 is 2.10 bits per heavy atom. The second-order valence-corrected chi connectivity index (χ2v) is 4.47. The second-order valence-electron chi connectivity index (χ2n) is 4.47. The van der Waals surface area contributed by atoms with E-state index >= 15 is 0 Å². The molecular formula is C13H17N3O5. The summed E-state index contributed by atoms with van der Waals surface area (Å²) in [4.78, 5) is 32.9. The third kappa shape index (κ3) is 4.44. The maximum absolute atomic E-state index is 11.7. The summed E-state index contributed by atoms with van der Waals surface area (Å²) in [6, 6.07) is 3.92. The lowest BCUT2D eigenvalue weighted by Crippen LogP contribution is -2.23. The number of anilines is 1. The van der Waals surface area contributed by atoms with E-state index in [1.807, 2.05) is 0 Å². The fraction of sp³-hybridized carbons (Fsp3) is 0.385. The van der Waals surface area contributed by atoms with E-state index in [1.54, 1.807) is 6.92 Å². The molecular weight excluding hydrogens is 278 g/mol. The lowest BCUT2D eigenvalue weighted by Gasteiger charge is -2.11. The number of hydrogen-bond donors (Lipinski definition) is 3. The first kappa shape index (κ1) is 16.4. The number of carboxylic acids is 1. The number of nitrogens with zero attached hydrogens (tertiary/aromatic N) is 1. The molecule has 114 valence electrons. The molecule has 1 amide bonds. The molecule has 1 rings (SSSR count). The number of carbonyl (C=O) groups excluding carboxylic acids is 1. The van der Waals surface area contributed by atoms with Crippen molar-refractivity contribution >= 4 is 23.3 Å². The number of nitrogens with one attached hydrogen (secondary N) is 2. The van der Waals surface area contributed by atoms with Crippen molar-refractivity contribution in [2.24, 2.45) is 5.92 Å². The van der Waals surface area contributed by atoms with Gasteiger partial charge >= 0.3 is 5.97 Å². The van der Waals surface area contributed by atoms with Gasteiger partial charge in [0.25, 0.3) is 11.6 Å². The Bertz CT molecular complexity index is 559. The zero-order valence-corrected chi connectivity index (χ0v) is 11.8. The Labute approximate surface area is 121 Å². The molecule has 0 aliphatic rings. The van der Waals surface area contributed by atoms with Crippen molar-refractivity contribution in [1.29, 1.82) is 0 Å². The number of rotatable bonds is 7. The average Bonchev–Trinajstić information content (AvgIpc) is 2.44. The first-order valence-corrected chi connectivity index (χ1v) is 6.40. The standard InChI is InChI=1S/C13H17N3O5/c1-3-14-12(17)9-4-5-11(16(20)21)10(6-9)15-7-8(2)13(18)19/h4-6,8,15H,3,7H2,1-2H3,(H,14,17)(H,18,19). The van der Waals surface area contributed by atoms with Crippen LogP contribution in [0.1, 0.15) is 24.2 Å². The molecule has 0 spiro atoms. The van der Waals surface area contributed by atoms with Gasteiger partial charge in [0.1, 0.15) is 5.69 Å². The zero-order valence-electron chi connectivity index (χ0n) is 11.8. The molecule has 0 radical (unpaired) electrons. The van der Waals surface area contributed by atoms with E-state index in [2.05, 4.69) is 10.6 Å². The number of nitro benzene ring substituents is 1. The van der Waals surface area contributed by atoms with Gasteiger partial charge in [-0.15, -0.1) is 0 Å². The summed E-state index contributed by atoms with van der Waals surface area (Å²) < 4.78 is 0. The highest BCUT2D eigenvalue weighted by Gasteiger charge is 2.18. The molecule has 21 heavy (non-hydrogen) atoms. The summed E-state index contributed by atoms with van der Waals surface area (Å²) in [7, 11) is 0. The molecule has 0 fully saturated rings. The van der Waals surface area contributed by atoms with Gasteiger partial charge in [-0.1, -0.05) is 6.92 Å². The minimum Gasteiger partial charge on any atom is -0.481 e. The van der Waals surface area contributed by atoms with E-state index in [1.165, 1.54) is 25.1 Å². The highest BCUT2D eigenvalue weighted by Crippen LogP contribution is 2.25. The Morgan fingerprint density at radius 3 is 2.62 bits per heavy atom. The van der Waals surface area contributed by atoms with Gasteiger partial charge in [0.2, 0.25) is 0 Å². The number of benzene rings is 1. The fourth-order valence-corrected chi connectivity index (χ4v) is 1.59. The van der Waals surface area contributed by atoms with E-state index < -0.39 is 16.8 Å².